The zero-order valence-corrected chi connectivity index (χ0v) is 18.2. The minimum atomic E-state index is -0.626. The van der Waals surface area contributed by atoms with Gasteiger partial charge in [0.15, 0.2) is 0 Å². The number of esters is 1. The van der Waals surface area contributed by atoms with Gasteiger partial charge in [-0.3, -0.25) is 4.79 Å². The van der Waals surface area contributed by atoms with Crippen LogP contribution in [-0.2, 0) is 9.47 Å². The van der Waals surface area contributed by atoms with Crippen molar-refractivity contribution in [1.29, 1.82) is 0 Å². The van der Waals surface area contributed by atoms with Crippen LogP contribution in [0.3, 0.4) is 0 Å². The highest BCUT2D eigenvalue weighted by atomic mass is 19.1. The van der Waals surface area contributed by atoms with Gasteiger partial charge in [0, 0.05) is 30.5 Å². The van der Waals surface area contributed by atoms with Crippen molar-refractivity contribution in [3.05, 3.63) is 71.7 Å². The lowest BCUT2D eigenvalue weighted by Crippen LogP contribution is -2.44. The lowest BCUT2D eigenvalue weighted by molar-refractivity contribution is -0.0125. The molecule has 0 radical (unpaired) electrons. The van der Waals surface area contributed by atoms with Crippen molar-refractivity contribution >= 4 is 23.5 Å². The highest BCUT2D eigenvalue weighted by Crippen LogP contribution is 2.22. The fourth-order valence-corrected chi connectivity index (χ4v) is 3.54. The van der Waals surface area contributed by atoms with Crippen molar-refractivity contribution < 1.29 is 23.5 Å². The molecule has 0 bridgehead atoms. The van der Waals surface area contributed by atoms with Gasteiger partial charge in [-0.2, -0.15) is 0 Å². The monoisotopic (exact) mass is 450 g/mol. The van der Waals surface area contributed by atoms with E-state index in [4.69, 9.17) is 9.47 Å². The molecule has 1 aromatic heterocycles. The summed E-state index contributed by atoms with van der Waals surface area (Å²) in [4.78, 5) is 34.5. The van der Waals surface area contributed by atoms with Crippen LogP contribution in [0, 0.1) is 5.82 Å². The van der Waals surface area contributed by atoms with E-state index in [0.29, 0.717) is 36.6 Å². The first-order valence-electron chi connectivity index (χ1n) is 10.4. The van der Waals surface area contributed by atoms with Crippen LogP contribution in [0.5, 0.6) is 0 Å². The number of ether oxygens (including phenoxy) is 2. The molecule has 2 aromatic carbocycles. The number of methoxy groups -OCH3 is 1. The number of aromatic nitrogens is 2. The predicted octanol–water partition coefficient (Wildman–Crippen LogP) is 3.67. The minimum absolute atomic E-state index is 0.00927. The number of nitrogens with zero attached hydrogens (tertiary/aromatic N) is 3. The summed E-state index contributed by atoms with van der Waals surface area (Å²) in [6.07, 6.45) is 1.50. The molecule has 4 rings (SSSR count). The molecule has 1 atom stereocenters. The molecule has 1 unspecified atom stereocenters. The Morgan fingerprint density at radius 3 is 2.67 bits per heavy atom. The molecule has 9 heteroatoms. The SMILES string of the molecule is COC(=O)c1ccc(-c2ccnc(Nc3ccc(C(=O)N4CCOC(C)C4)c(F)c3)n2)cc1. The van der Waals surface area contributed by atoms with Crippen molar-refractivity contribution in [1.82, 2.24) is 14.9 Å². The molecule has 2 heterocycles. The molecule has 0 aliphatic carbocycles. The largest absolute Gasteiger partial charge is 0.465 e. The Hall–Kier alpha value is -3.85. The second-order valence-electron chi connectivity index (χ2n) is 7.59. The molecule has 1 N–H and O–H groups in total. The van der Waals surface area contributed by atoms with E-state index < -0.39 is 11.8 Å². The van der Waals surface area contributed by atoms with Crippen molar-refractivity contribution in [2.75, 3.05) is 32.1 Å². The van der Waals surface area contributed by atoms with E-state index in [-0.39, 0.29) is 23.5 Å². The first-order valence-corrected chi connectivity index (χ1v) is 10.4. The van der Waals surface area contributed by atoms with E-state index in [0.717, 1.165) is 5.56 Å². The van der Waals surface area contributed by atoms with Crippen LogP contribution in [0.1, 0.15) is 27.6 Å². The van der Waals surface area contributed by atoms with Crippen molar-refractivity contribution in [2.45, 2.75) is 13.0 Å². The first kappa shape index (κ1) is 22.3. The smallest absolute Gasteiger partial charge is 0.337 e. The lowest BCUT2D eigenvalue weighted by atomic mass is 10.1. The number of carbonyl (C=O) groups excluding carboxylic acids is 2. The van der Waals surface area contributed by atoms with Crippen LogP contribution < -0.4 is 5.32 Å². The normalized spacial score (nSPS) is 15.7. The van der Waals surface area contributed by atoms with E-state index in [9.17, 15) is 14.0 Å². The Morgan fingerprint density at radius 1 is 1.18 bits per heavy atom. The minimum Gasteiger partial charge on any atom is -0.465 e. The number of hydrogen-bond donors (Lipinski definition) is 1. The summed E-state index contributed by atoms with van der Waals surface area (Å²) in [7, 11) is 1.33. The third kappa shape index (κ3) is 5.15. The molecule has 1 amide bonds. The summed E-state index contributed by atoms with van der Waals surface area (Å²) in [5.74, 6) is -1.13. The number of rotatable bonds is 5. The lowest BCUT2D eigenvalue weighted by Gasteiger charge is -2.31. The van der Waals surface area contributed by atoms with Gasteiger partial charge in [0.2, 0.25) is 5.95 Å². The summed E-state index contributed by atoms with van der Waals surface area (Å²) in [5.41, 5.74) is 2.26. The third-order valence-electron chi connectivity index (χ3n) is 5.24. The van der Waals surface area contributed by atoms with Crippen LogP contribution in [0.4, 0.5) is 16.0 Å². The third-order valence-corrected chi connectivity index (χ3v) is 5.24. The molecule has 8 nitrogen and oxygen atoms in total. The van der Waals surface area contributed by atoms with Gasteiger partial charge in [-0.25, -0.2) is 19.2 Å². The van der Waals surface area contributed by atoms with Gasteiger partial charge in [0.05, 0.1) is 36.6 Å². The maximum atomic E-state index is 14.7. The maximum absolute atomic E-state index is 14.7. The van der Waals surface area contributed by atoms with Crippen LogP contribution >= 0.6 is 0 Å². The fraction of sp³-hybridized carbons (Fsp3) is 0.250. The molecule has 1 aliphatic heterocycles. The first-order chi connectivity index (χ1) is 15.9. The summed E-state index contributed by atoms with van der Waals surface area (Å²) in [6.45, 7) is 3.18. The van der Waals surface area contributed by atoms with Gasteiger partial charge in [0.25, 0.3) is 5.91 Å². The summed E-state index contributed by atoms with van der Waals surface area (Å²) < 4.78 is 24.9. The van der Waals surface area contributed by atoms with Gasteiger partial charge in [-0.05, 0) is 43.3 Å². The highest BCUT2D eigenvalue weighted by molar-refractivity contribution is 5.95. The number of hydrogen-bond acceptors (Lipinski definition) is 7. The number of nitrogens with one attached hydrogen (secondary N) is 1. The average Bonchev–Trinajstić information content (AvgIpc) is 2.83. The molecule has 0 saturated carbocycles. The Bertz CT molecular complexity index is 1170. The van der Waals surface area contributed by atoms with Gasteiger partial charge < -0.3 is 19.7 Å². The van der Waals surface area contributed by atoms with Gasteiger partial charge in [0.1, 0.15) is 5.82 Å². The van der Waals surface area contributed by atoms with Crippen molar-refractivity contribution in [2.24, 2.45) is 0 Å². The summed E-state index contributed by atoms with van der Waals surface area (Å²) in [6, 6.07) is 12.8. The molecule has 3 aromatic rings. The van der Waals surface area contributed by atoms with Gasteiger partial charge >= 0.3 is 5.97 Å². The van der Waals surface area contributed by atoms with E-state index >= 15 is 0 Å². The van der Waals surface area contributed by atoms with E-state index in [2.05, 4.69) is 15.3 Å². The van der Waals surface area contributed by atoms with Crippen LogP contribution in [0.15, 0.2) is 54.7 Å². The number of benzene rings is 2. The Labute approximate surface area is 190 Å². The molecular formula is C24H23FN4O4. The van der Waals surface area contributed by atoms with Crippen LogP contribution in [0.25, 0.3) is 11.3 Å². The summed E-state index contributed by atoms with van der Waals surface area (Å²) >= 11 is 0. The standard InChI is InChI=1S/C24H23FN4O4/c1-15-14-29(11-12-33-15)22(30)19-8-7-18(13-20(19)25)27-24-26-10-9-21(28-24)16-3-5-17(6-4-16)23(31)32-2/h3-10,13,15H,11-12,14H2,1-2H3,(H,26,27,28). The second-order valence-corrected chi connectivity index (χ2v) is 7.59. The number of morpholine rings is 1. The van der Waals surface area contributed by atoms with Crippen LogP contribution in [-0.4, -0.2) is 59.7 Å². The zero-order valence-electron chi connectivity index (χ0n) is 18.2. The number of amides is 1. The zero-order chi connectivity index (χ0) is 23.4. The Morgan fingerprint density at radius 2 is 1.97 bits per heavy atom. The number of anilines is 2. The molecular weight excluding hydrogens is 427 g/mol. The van der Waals surface area contributed by atoms with Crippen LogP contribution in [0.2, 0.25) is 0 Å². The summed E-state index contributed by atoms with van der Waals surface area (Å²) in [5, 5.41) is 2.97. The highest BCUT2D eigenvalue weighted by Gasteiger charge is 2.24. The van der Waals surface area contributed by atoms with E-state index in [1.165, 1.54) is 19.2 Å². The van der Waals surface area contributed by atoms with Crippen molar-refractivity contribution in [3.8, 4) is 11.3 Å². The topological polar surface area (TPSA) is 93.6 Å². The number of carbonyl (C=O) groups is 2. The molecule has 1 aliphatic rings. The Balaban J connectivity index is 1.49. The van der Waals surface area contributed by atoms with Gasteiger partial charge in [-0.15, -0.1) is 0 Å². The Kier molecular flexibility index (Phi) is 6.60. The maximum Gasteiger partial charge on any atom is 0.337 e. The predicted molar refractivity (Wildman–Crippen MR) is 120 cm³/mol. The number of halogens is 1. The van der Waals surface area contributed by atoms with E-state index in [1.54, 1.807) is 47.5 Å². The average molecular weight is 450 g/mol. The second kappa shape index (κ2) is 9.74. The molecule has 33 heavy (non-hydrogen) atoms. The molecule has 170 valence electrons. The van der Waals surface area contributed by atoms with Crippen molar-refractivity contribution in [3.63, 3.8) is 0 Å². The fourth-order valence-electron chi connectivity index (χ4n) is 3.54. The van der Waals surface area contributed by atoms with Gasteiger partial charge in [-0.1, -0.05) is 12.1 Å². The molecule has 0 spiro atoms. The molecule has 1 fully saturated rings. The van der Waals surface area contributed by atoms with E-state index in [1.807, 2.05) is 6.92 Å². The molecule has 1 saturated heterocycles. The quantitative estimate of drug-likeness (QED) is 0.593.